The minimum absolute atomic E-state index is 0.126. The summed E-state index contributed by atoms with van der Waals surface area (Å²) >= 11 is 2.93. The molecule has 6 heteroatoms. The lowest BCUT2D eigenvalue weighted by atomic mass is 9.84. The maximum Gasteiger partial charge on any atom is 0.196 e. The van der Waals surface area contributed by atoms with Gasteiger partial charge < -0.3 is 9.47 Å². The molecule has 0 spiro atoms. The monoisotopic (exact) mass is 484 g/mol. The Balaban J connectivity index is 1.54. The summed E-state index contributed by atoms with van der Waals surface area (Å²) in [6.07, 6.45) is 0. The molecule has 0 saturated carbocycles. The lowest BCUT2D eigenvalue weighted by Gasteiger charge is -2.22. The summed E-state index contributed by atoms with van der Waals surface area (Å²) in [5.41, 5.74) is 1.82. The standard InChI is InChI=1S/C28H20O4S2/c1-31-17-9-13-19(14-10-17)33-23-7-3-5-21-25(23)28(30)26-22(27(21)29)6-4-8-24(26)34-20-15-11-18(32-2)12-16-20/h3-16H,1-2H3. The average molecular weight is 485 g/mol. The van der Waals surface area contributed by atoms with E-state index >= 15 is 0 Å². The van der Waals surface area contributed by atoms with E-state index in [1.807, 2.05) is 72.8 Å². The van der Waals surface area contributed by atoms with Gasteiger partial charge in [0.15, 0.2) is 11.6 Å². The van der Waals surface area contributed by atoms with Crippen LogP contribution >= 0.6 is 23.5 Å². The highest BCUT2D eigenvalue weighted by Gasteiger charge is 2.33. The molecule has 1 aliphatic rings. The SMILES string of the molecule is COc1ccc(Sc2cccc3c2C(=O)c2c(Sc4ccc(OC)cc4)cccc2C3=O)cc1. The molecule has 5 rings (SSSR count). The van der Waals surface area contributed by atoms with Crippen LogP contribution in [0.2, 0.25) is 0 Å². The van der Waals surface area contributed by atoms with Crippen LogP contribution in [0.3, 0.4) is 0 Å². The molecule has 0 amide bonds. The third-order valence-electron chi connectivity index (χ3n) is 5.57. The van der Waals surface area contributed by atoms with Crippen LogP contribution < -0.4 is 9.47 Å². The molecule has 1 aliphatic carbocycles. The van der Waals surface area contributed by atoms with Crippen molar-refractivity contribution in [3.05, 3.63) is 107 Å². The molecule has 0 bridgehead atoms. The van der Waals surface area contributed by atoms with Crippen molar-refractivity contribution in [2.75, 3.05) is 14.2 Å². The Morgan fingerprint density at radius 1 is 0.529 bits per heavy atom. The molecule has 0 N–H and O–H groups in total. The van der Waals surface area contributed by atoms with Crippen LogP contribution in [0.4, 0.5) is 0 Å². The largest absolute Gasteiger partial charge is 0.497 e. The minimum Gasteiger partial charge on any atom is -0.497 e. The van der Waals surface area contributed by atoms with Crippen LogP contribution in [-0.2, 0) is 0 Å². The van der Waals surface area contributed by atoms with Crippen molar-refractivity contribution in [1.29, 1.82) is 0 Å². The highest BCUT2D eigenvalue weighted by atomic mass is 32.2. The number of fused-ring (bicyclic) bond motifs is 2. The van der Waals surface area contributed by atoms with Crippen molar-refractivity contribution in [3.8, 4) is 11.5 Å². The van der Waals surface area contributed by atoms with Gasteiger partial charge in [-0.15, -0.1) is 0 Å². The second-order valence-corrected chi connectivity index (χ2v) is 9.80. The predicted octanol–water partition coefficient (Wildman–Crippen LogP) is 6.78. The normalized spacial score (nSPS) is 12.2. The maximum absolute atomic E-state index is 13.9. The lowest BCUT2D eigenvalue weighted by molar-refractivity contribution is 0.0974. The number of ketones is 2. The number of methoxy groups -OCH3 is 2. The molecule has 0 aliphatic heterocycles. The molecule has 0 heterocycles. The maximum atomic E-state index is 13.9. The van der Waals surface area contributed by atoms with Crippen molar-refractivity contribution < 1.29 is 19.1 Å². The molecule has 0 aromatic heterocycles. The van der Waals surface area contributed by atoms with Crippen LogP contribution in [0.15, 0.2) is 105 Å². The van der Waals surface area contributed by atoms with E-state index in [4.69, 9.17) is 9.47 Å². The van der Waals surface area contributed by atoms with E-state index in [1.165, 1.54) is 23.5 Å². The van der Waals surface area contributed by atoms with Crippen molar-refractivity contribution in [2.24, 2.45) is 0 Å². The van der Waals surface area contributed by atoms with Gasteiger partial charge in [-0.2, -0.15) is 0 Å². The molecular weight excluding hydrogens is 464 g/mol. The number of ether oxygens (including phenoxy) is 2. The van der Waals surface area contributed by atoms with Crippen molar-refractivity contribution in [1.82, 2.24) is 0 Å². The first-order chi connectivity index (χ1) is 16.6. The first-order valence-electron chi connectivity index (χ1n) is 10.6. The Morgan fingerprint density at radius 2 is 0.941 bits per heavy atom. The number of hydrogen-bond acceptors (Lipinski definition) is 6. The topological polar surface area (TPSA) is 52.6 Å². The Morgan fingerprint density at radius 3 is 1.32 bits per heavy atom. The van der Waals surface area contributed by atoms with Crippen LogP contribution in [0, 0.1) is 0 Å². The zero-order chi connectivity index (χ0) is 23.7. The van der Waals surface area contributed by atoms with Gasteiger partial charge in [0.25, 0.3) is 0 Å². The molecule has 0 fully saturated rings. The van der Waals surface area contributed by atoms with Crippen LogP contribution in [0.25, 0.3) is 0 Å². The summed E-state index contributed by atoms with van der Waals surface area (Å²) in [5.74, 6) is 1.27. The zero-order valence-corrected chi connectivity index (χ0v) is 20.2. The fraction of sp³-hybridized carbons (Fsp3) is 0.0714. The van der Waals surface area contributed by atoms with Gasteiger partial charge >= 0.3 is 0 Å². The highest BCUT2D eigenvalue weighted by molar-refractivity contribution is 7.99. The van der Waals surface area contributed by atoms with E-state index in [9.17, 15) is 9.59 Å². The molecule has 34 heavy (non-hydrogen) atoms. The Bertz CT molecular complexity index is 1290. The summed E-state index contributed by atoms with van der Waals surface area (Å²) in [6.45, 7) is 0. The van der Waals surface area contributed by atoms with Gasteiger partial charge in [-0.25, -0.2) is 0 Å². The predicted molar refractivity (Wildman–Crippen MR) is 134 cm³/mol. The average Bonchev–Trinajstić information content (AvgIpc) is 2.88. The van der Waals surface area contributed by atoms with E-state index in [0.29, 0.717) is 22.3 Å². The fourth-order valence-corrected chi connectivity index (χ4v) is 5.85. The zero-order valence-electron chi connectivity index (χ0n) is 18.5. The molecule has 4 nitrogen and oxygen atoms in total. The van der Waals surface area contributed by atoms with Crippen molar-refractivity contribution >= 4 is 35.1 Å². The number of carbonyl (C=O) groups excluding carboxylic acids is 2. The first-order valence-corrected chi connectivity index (χ1v) is 12.2. The van der Waals surface area contributed by atoms with E-state index in [2.05, 4.69) is 0 Å². The summed E-state index contributed by atoms with van der Waals surface area (Å²) < 4.78 is 10.5. The van der Waals surface area contributed by atoms with E-state index in [-0.39, 0.29) is 11.6 Å². The van der Waals surface area contributed by atoms with Crippen molar-refractivity contribution in [2.45, 2.75) is 19.6 Å². The Kier molecular flexibility index (Phi) is 6.18. The molecule has 0 atom stereocenters. The smallest absolute Gasteiger partial charge is 0.196 e. The number of benzene rings is 4. The minimum atomic E-state index is -0.127. The number of rotatable bonds is 6. The summed E-state index contributed by atoms with van der Waals surface area (Å²) in [4.78, 5) is 30.7. The fourth-order valence-electron chi connectivity index (χ4n) is 3.89. The third kappa shape index (κ3) is 4.11. The quantitative estimate of drug-likeness (QED) is 0.265. The molecular formula is C28H20O4S2. The van der Waals surface area contributed by atoms with Crippen LogP contribution in [-0.4, -0.2) is 25.8 Å². The second kappa shape index (κ2) is 9.41. The van der Waals surface area contributed by atoms with Gasteiger partial charge in [0.1, 0.15) is 11.5 Å². The molecule has 168 valence electrons. The summed E-state index contributed by atoms with van der Waals surface area (Å²) in [7, 11) is 3.25. The lowest BCUT2D eigenvalue weighted by Crippen LogP contribution is -2.22. The van der Waals surface area contributed by atoms with E-state index in [1.54, 1.807) is 26.4 Å². The van der Waals surface area contributed by atoms with Crippen molar-refractivity contribution in [3.63, 3.8) is 0 Å². The van der Waals surface area contributed by atoms with Gasteiger partial charge in [0.05, 0.1) is 14.2 Å². The summed E-state index contributed by atoms with van der Waals surface area (Å²) in [5, 5.41) is 0. The number of carbonyl (C=O) groups is 2. The van der Waals surface area contributed by atoms with Crippen LogP contribution in [0.5, 0.6) is 11.5 Å². The Hall–Kier alpha value is -3.48. The molecule has 4 aromatic rings. The second-order valence-electron chi connectivity index (χ2n) is 7.57. The number of hydrogen-bond donors (Lipinski definition) is 0. The van der Waals surface area contributed by atoms with Gasteiger partial charge in [0, 0.05) is 41.8 Å². The molecule has 0 radical (unpaired) electrons. The van der Waals surface area contributed by atoms with Gasteiger partial charge in [-0.1, -0.05) is 47.8 Å². The highest BCUT2D eigenvalue weighted by Crippen LogP contribution is 2.41. The van der Waals surface area contributed by atoms with Crippen LogP contribution in [0.1, 0.15) is 31.8 Å². The van der Waals surface area contributed by atoms with E-state index < -0.39 is 0 Å². The summed E-state index contributed by atoms with van der Waals surface area (Å²) in [6, 6.07) is 26.2. The molecule has 4 aromatic carbocycles. The molecule has 0 unspecified atom stereocenters. The first kappa shape index (κ1) is 22.3. The van der Waals surface area contributed by atoms with Gasteiger partial charge in [-0.3, -0.25) is 9.59 Å². The van der Waals surface area contributed by atoms with Gasteiger partial charge in [0.2, 0.25) is 0 Å². The van der Waals surface area contributed by atoms with Gasteiger partial charge in [-0.05, 0) is 60.7 Å². The van der Waals surface area contributed by atoms with E-state index in [0.717, 1.165) is 31.1 Å². The Labute approximate surface area is 206 Å². The third-order valence-corrected chi connectivity index (χ3v) is 7.71. The molecule has 0 saturated heterocycles.